The molecule has 0 radical (unpaired) electrons. The zero-order valence-corrected chi connectivity index (χ0v) is 11.1. The largest absolute Gasteiger partial charge is 0.396 e. The highest BCUT2D eigenvalue weighted by Crippen LogP contribution is 2.24. The van der Waals surface area contributed by atoms with Gasteiger partial charge in [-0.3, -0.25) is 4.90 Å². The zero-order valence-electron chi connectivity index (χ0n) is 10.3. The first kappa shape index (κ1) is 15.4. The van der Waals surface area contributed by atoms with Crippen LogP contribution in [0.2, 0.25) is 0 Å². The topological polar surface area (TPSA) is 35.5 Å². The van der Waals surface area contributed by atoms with Crippen molar-refractivity contribution in [3.8, 4) is 0 Å². The van der Waals surface area contributed by atoms with Crippen molar-refractivity contribution < 1.29 is 9.50 Å². The van der Waals surface area contributed by atoms with Crippen molar-refractivity contribution in [3.05, 3.63) is 35.6 Å². The molecule has 1 aliphatic heterocycles. The van der Waals surface area contributed by atoms with Gasteiger partial charge in [0, 0.05) is 38.8 Å². The number of piperazine rings is 1. The maximum atomic E-state index is 13.2. The Morgan fingerprint density at radius 2 is 2.06 bits per heavy atom. The maximum Gasteiger partial charge on any atom is 0.123 e. The van der Waals surface area contributed by atoms with Crippen molar-refractivity contribution in [2.45, 2.75) is 12.5 Å². The Morgan fingerprint density at radius 3 is 2.67 bits per heavy atom. The molecule has 1 heterocycles. The van der Waals surface area contributed by atoms with Crippen LogP contribution in [-0.4, -0.2) is 42.8 Å². The summed E-state index contributed by atoms with van der Waals surface area (Å²) >= 11 is 0. The maximum absolute atomic E-state index is 13.2. The van der Waals surface area contributed by atoms with E-state index in [1.54, 1.807) is 12.1 Å². The Kier molecular flexibility index (Phi) is 6.57. The van der Waals surface area contributed by atoms with Crippen LogP contribution in [0, 0.1) is 5.82 Å². The molecule has 18 heavy (non-hydrogen) atoms. The Bertz CT molecular complexity index is 359. The fourth-order valence-electron chi connectivity index (χ4n) is 2.39. The van der Waals surface area contributed by atoms with Crippen molar-refractivity contribution in [3.63, 3.8) is 0 Å². The van der Waals surface area contributed by atoms with Crippen molar-refractivity contribution in [1.82, 2.24) is 10.2 Å². The molecule has 0 unspecified atom stereocenters. The van der Waals surface area contributed by atoms with Gasteiger partial charge in [-0.05, 0) is 24.1 Å². The fraction of sp³-hybridized carbons (Fsp3) is 0.538. The summed E-state index contributed by atoms with van der Waals surface area (Å²) in [5.41, 5.74) is 0.959. The van der Waals surface area contributed by atoms with E-state index >= 15 is 0 Å². The van der Waals surface area contributed by atoms with Gasteiger partial charge in [0.25, 0.3) is 0 Å². The molecule has 0 amide bonds. The normalized spacial score (nSPS) is 18.1. The van der Waals surface area contributed by atoms with E-state index in [0.717, 1.165) is 31.7 Å². The smallest absolute Gasteiger partial charge is 0.123 e. The Labute approximate surface area is 113 Å². The molecule has 1 saturated heterocycles. The molecule has 2 N–H and O–H groups in total. The fourth-order valence-corrected chi connectivity index (χ4v) is 2.39. The molecular weight excluding hydrogens is 255 g/mol. The van der Waals surface area contributed by atoms with Crippen molar-refractivity contribution in [1.29, 1.82) is 0 Å². The van der Waals surface area contributed by atoms with Crippen LogP contribution in [0.15, 0.2) is 24.3 Å². The van der Waals surface area contributed by atoms with Gasteiger partial charge in [0.1, 0.15) is 5.82 Å². The number of hydrogen-bond acceptors (Lipinski definition) is 3. The van der Waals surface area contributed by atoms with Crippen LogP contribution in [0.1, 0.15) is 18.0 Å². The highest BCUT2D eigenvalue weighted by atomic mass is 35.5. The molecule has 3 nitrogen and oxygen atoms in total. The second kappa shape index (κ2) is 7.69. The van der Waals surface area contributed by atoms with Gasteiger partial charge in [-0.1, -0.05) is 12.1 Å². The molecular formula is C13H20ClFN2O. The molecule has 5 heteroatoms. The van der Waals surface area contributed by atoms with Crippen LogP contribution in [0.4, 0.5) is 4.39 Å². The molecule has 1 atom stereocenters. The minimum absolute atomic E-state index is 0. The standard InChI is InChI=1S/C13H19FN2O.ClH/c14-12-3-1-2-11(10-12)13(4-9-17)16-7-5-15-6-8-16;/h1-3,10,13,15,17H,4-9H2;1H/t13-;/m0./s1. The Morgan fingerprint density at radius 1 is 1.33 bits per heavy atom. The Balaban J connectivity index is 0.00000162. The van der Waals surface area contributed by atoms with Gasteiger partial charge in [0.2, 0.25) is 0 Å². The molecule has 0 spiro atoms. The van der Waals surface area contributed by atoms with Crippen LogP contribution >= 0.6 is 12.4 Å². The lowest BCUT2D eigenvalue weighted by Gasteiger charge is -2.35. The predicted molar refractivity (Wildman–Crippen MR) is 72.5 cm³/mol. The van der Waals surface area contributed by atoms with Crippen LogP contribution in [0.5, 0.6) is 0 Å². The van der Waals surface area contributed by atoms with Crippen molar-refractivity contribution >= 4 is 12.4 Å². The zero-order chi connectivity index (χ0) is 12.1. The number of hydrogen-bond donors (Lipinski definition) is 2. The monoisotopic (exact) mass is 274 g/mol. The number of nitrogens with zero attached hydrogens (tertiary/aromatic N) is 1. The summed E-state index contributed by atoms with van der Waals surface area (Å²) in [5, 5.41) is 12.5. The molecule has 0 bridgehead atoms. The van der Waals surface area contributed by atoms with E-state index in [9.17, 15) is 4.39 Å². The molecule has 0 aromatic heterocycles. The minimum Gasteiger partial charge on any atom is -0.396 e. The number of halogens is 2. The lowest BCUT2D eigenvalue weighted by atomic mass is 10.0. The molecule has 2 rings (SSSR count). The lowest BCUT2D eigenvalue weighted by molar-refractivity contribution is 0.141. The lowest BCUT2D eigenvalue weighted by Crippen LogP contribution is -2.45. The van der Waals surface area contributed by atoms with Gasteiger partial charge in [-0.15, -0.1) is 12.4 Å². The predicted octanol–water partition coefficient (Wildman–Crippen LogP) is 1.58. The first-order valence-electron chi connectivity index (χ1n) is 6.12. The van der Waals surface area contributed by atoms with Crippen LogP contribution < -0.4 is 5.32 Å². The van der Waals surface area contributed by atoms with E-state index in [1.807, 2.05) is 6.07 Å². The summed E-state index contributed by atoms with van der Waals surface area (Å²) in [7, 11) is 0. The number of rotatable bonds is 4. The van der Waals surface area contributed by atoms with Crippen molar-refractivity contribution in [2.24, 2.45) is 0 Å². The minimum atomic E-state index is -0.208. The molecule has 102 valence electrons. The van der Waals surface area contributed by atoms with Crippen LogP contribution in [0.3, 0.4) is 0 Å². The van der Waals surface area contributed by atoms with Crippen LogP contribution in [0.25, 0.3) is 0 Å². The van der Waals surface area contributed by atoms with E-state index in [2.05, 4.69) is 10.2 Å². The molecule has 0 saturated carbocycles. The summed E-state index contributed by atoms with van der Waals surface area (Å²) < 4.78 is 13.2. The quantitative estimate of drug-likeness (QED) is 0.875. The number of nitrogens with one attached hydrogen (secondary N) is 1. The molecule has 0 aliphatic carbocycles. The molecule has 1 aromatic rings. The summed E-state index contributed by atoms with van der Waals surface area (Å²) in [6.07, 6.45) is 0.656. The SMILES string of the molecule is Cl.OCC[C@@H](c1cccc(F)c1)N1CCNCC1. The second-order valence-corrected chi connectivity index (χ2v) is 4.37. The van der Waals surface area contributed by atoms with E-state index in [-0.39, 0.29) is 30.9 Å². The van der Waals surface area contributed by atoms with E-state index < -0.39 is 0 Å². The van der Waals surface area contributed by atoms with Gasteiger partial charge in [-0.2, -0.15) is 0 Å². The van der Waals surface area contributed by atoms with Gasteiger partial charge in [0.15, 0.2) is 0 Å². The van der Waals surface area contributed by atoms with Gasteiger partial charge in [0.05, 0.1) is 0 Å². The third-order valence-electron chi connectivity index (χ3n) is 3.23. The number of aliphatic hydroxyl groups excluding tert-OH is 1. The average molecular weight is 275 g/mol. The third kappa shape index (κ3) is 3.92. The molecule has 1 aliphatic rings. The van der Waals surface area contributed by atoms with E-state index in [4.69, 9.17) is 5.11 Å². The van der Waals surface area contributed by atoms with Gasteiger partial charge in [-0.25, -0.2) is 4.39 Å². The highest BCUT2D eigenvalue weighted by Gasteiger charge is 2.21. The van der Waals surface area contributed by atoms with E-state index in [1.165, 1.54) is 6.07 Å². The summed E-state index contributed by atoms with van der Waals surface area (Å²) in [5.74, 6) is -0.208. The first-order valence-corrected chi connectivity index (χ1v) is 6.12. The van der Waals surface area contributed by atoms with E-state index in [0.29, 0.717) is 6.42 Å². The number of benzene rings is 1. The average Bonchev–Trinajstić information content (AvgIpc) is 2.37. The van der Waals surface area contributed by atoms with Crippen molar-refractivity contribution in [2.75, 3.05) is 32.8 Å². The van der Waals surface area contributed by atoms with Gasteiger partial charge >= 0.3 is 0 Å². The summed E-state index contributed by atoms with van der Waals surface area (Å²) in [6, 6.07) is 6.82. The van der Waals surface area contributed by atoms with Crippen LogP contribution in [-0.2, 0) is 0 Å². The Hall–Kier alpha value is -0.680. The van der Waals surface area contributed by atoms with Gasteiger partial charge < -0.3 is 10.4 Å². The number of aliphatic hydroxyl groups is 1. The second-order valence-electron chi connectivity index (χ2n) is 4.37. The highest BCUT2D eigenvalue weighted by molar-refractivity contribution is 5.85. The summed E-state index contributed by atoms with van der Waals surface area (Å²) in [6.45, 7) is 3.93. The first-order chi connectivity index (χ1) is 8.31. The molecule has 1 fully saturated rings. The third-order valence-corrected chi connectivity index (χ3v) is 3.23. The summed E-state index contributed by atoms with van der Waals surface area (Å²) in [4.78, 5) is 2.31. The molecule has 1 aromatic carbocycles.